The molecule has 1 N–H and O–H groups in total. The number of ketones is 1. The van der Waals surface area contributed by atoms with E-state index in [-0.39, 0.29) is 11.7 Å². The molecule has 0 bridgehead atoms. The first-order valence-electron chi connectivity index (χ1n) is 13.8. The molecule has 1 amide bonds. The molecule has 11 heteroatoms. The van der Waals surface area contributed by atoms with Crippen LogP contribution in [0.4, 0.5) is 0 Å². The number of amides is 1. The standard InChI is InChI=1S/C29H39N5O5Si/c1-37-27-22(10-9-16-30-27)24-20-34(21-38-18-19-40(2,3)4)28(31-24)29(15-8-12-26(36)32-29)14-7-5-6-11-25(35)23-13-17-39-33-23/h5,7,9-10,13,16-17,20H,6,8,11-12,14-15,18-19,21H2,1-4H3,(H,32,36)/b7-5+/t29-/m0/s1. The Bertz CT molecular complexity index is 1310. The lowest BCUT2D eigenvalue weighted by molar-refractivity contribution is -0.125. The normalized spacial score (nSPS) is 17.8. The number of pyridine rings is 1. The van der Waals surface area contributed by atoms with E-state index in [1.54, 1.807) is 19.4 Å². The van der Waals surface area contributed by atoms with Crippen LogP contribution in [0.25, 0.3) is 11.3 Å². The number of nitrogens with one attached hydrogen (secondary N) is 1. The number of hydrogen-bond acceptors (Lipinski definition) is 8. The number of carbonyl (C=O) groups is 2. The lowest BCUT2D eigenvalue weighted by Crippen LogP contribution is -2.50. The van der Waals surface area contributed by atoms with Crippen molar-refractivity contribution in [3.05, 3.63) is 60.5 Å². The third-order valence-electron chi connectivity index (χ3n) is 6.95. The van der Waals surface area contributed by atoms with Crippen LogP contribution in [0, 0.1) is 0 Å². The molecular formula is C29H39N5O5Si. The molecule has 0 spiro atoms. The summed E-state index contributed by atoms with van der Waals surface area (Å²) in [6.07, 6.45) is 12.4. The van der Waals surface area contributed by atoms with Gasteiger partial charge in [-0.25, -0.2) is 9.97 Å². The van der Waals surface area contributed by atoms with Gasteiger partial charge in [0, 0.05) is 46.0 Å². The Balaban J connectivity index is 1.60. The summed E-state index contributed by atoms with van der Waals surface area (Å²) in [6.45, 7) is 7.96. The maximum Gasteiger partial charge on any atom is 0.222 e. The molecule has 0 aromatic carbocycles. The molecular weight excluding hydrogens is 526 g/mol. The van der Waals surface area contributed by atoms with Gasteiger partial charge in [0.15, 0.2) is 5.78 Å². The predicted octanol–water partition coefficient (Wildman–Crippen LogP) is 5.36. The van der Waals surface area contributed by atoms with Crippen LogP contribution < -0.4 is 10.1 Å². The van der Waals surface area contributed by atoms with Crippen molar-refractivity contribution >= 4 is 19.8 Å². The van der Waals surface area contributed by atoms with Crippen molar-refractivity contribution in [3.63, 3.8) is 0 Å². The van der Waals surface area contributed by atoms with Gasteiger partial charge in [-0.3, -0.25) is 9.59 Å². The quantitative estimate of drug-likeness (QED) is 0.120. The third kappa shape index (κ3) is 7.54. The van der Waals surface area contributed by atoms with E-state index in [1.807, 2.05) is 35.0 Å². The summed E-state index contributed by atoms with van der Waals surface area (Å²) in [5.74, 6) is 1.14. The van der Waals surface area contributed by atoms with Gasteiger partial charge in [-0.05, 0) is 43.9 Å². The fraction of sp³-hybridized carbons (Fsp3) is 0.483. The maximum absolute atomic E-state index is 12.7. The van der Waals surface area contributed by atoms with Gasteiger partial charge >= 0.3 is 0 Å². The number of carbonyl (C=O) groups excluding carboxylic acids is 2. The Labute approximate surface area is 236 Å². The maximum atomic E-state index is 12.7. The molecule has 0 unspecified atom stereocenters. The number of hydrogen-bond donors (Lipinski definition) is 1. The molecule has 214 valence electrons. The van der Waals surface area contributed by atoms with E-state index in [2.05, 4.69) is 35.1 Å². The number of piperidine rings is 1. The van der Waals surface area contributed by atoms with Crippen LogP contribution in [0.15, 0.2) is 53.5 Å². The van der Waals surface area contributed by atoms with Crippen molar-refractivity contribution in [3.8, 4) is 17.1 Å². The van der Waals surface area contributed by atoms with Gasteiger partial charge in [0.2, 0.25) is 11.8 Å². The molecule has 0 radical (unpaired) electrons. The molecule has 0 aliphatic carbocycles. The second kappa shape index (κ2) is 13.2. The SMILES string of the molecule is COc1ncccc1-c1cn(COCC[Si](C)(C)C)c([C@]2(C/C=C/CCC(=O)c3ccon3)CCCC(=O)N2)n1. The van der Waals surface area contributed by atoms with Crippen molar-refractivity contribution in [1.29, 1.82) is 0 Å². The minimum atomic E-state index is -1.25. The summed E-state index contributed by atoms with van der Waals surface area (Å²) < 4.78 is 18.4. The molecule has 40 heavy (non-hydrogen) atoms. The van der Waals surface area contributed by atoms with Crippen molar-refractivity contribution in [2.24, 2.45) is 0 Å². The zero-order chi connectivity index (χ0) is 28.6. The van der Waals surface area contributed by atoms with E-state index in [0.717, 1.165) is 30.3 Å². The second-order valence-corrected chi connectivity index (χ2v) is 17.0. The Kier molecular flexibility index (Phi) is 9.70. The molecule has 1 aliphatic rings. The Morgan fingerprint density at radius 3 is 2.85 bits per heavy atom. The summed E-state index contributed by atoms with van der Waals surface area (Å²) in [5.41, 5.74) is 1.10. The fourth-order valence-corrected chi connectivity index (χ4v) is 5.53. The fourth-order valence-electron chi connectivity index (χ4n) is 4.77. The Morgan fingerprint density at radius 1 is 1.27 bits per heavy atom. The molecule has 0 saturated carbocycles. The first-order valence-corrected chi connectivity index (χ1v) is 17.5. The largest absolute Gasteiger partial charge is 0.481 e. The smallest absolute Gasteiger partial charge is 0.222 e. The number of nitrogens with zero attached hydrogens (tertiary/aromatic N) is 4. The average molecular weight is 566 g/mol. The molecule has 1 aliphatic heterocycles. The van der Waals surface area contributed by atoms with Gasteiger partial charge in [-0.2, -0.15) is 0 Å². The van der Waals surface area contributed by atoms with E-state index < -0.39 is 13.6 Å². The number of aromatic nitrogens is 4. The molecule has 1 atom stereocenters. The van der Waals surface area contributed by atoms with E-state index >= 15 is 0 Å². The highest BCUT2D eigenvalue weighted by molar-refractivity contribution is 6.76. The molecule has 4 heterocycles. The van der Waals surface area contributed by atoms with Crippen LogP contribution >= 0.6 is 0 Å². The van der Waals surface area contributed by atoms with Crippen LogP contribution in [0.2, 0.25) is 25.7 Å². The number of allylic oxidation sites excluding steroid dienone is 1. The van der Waals surface area contributed by atoms with E-state index in [4.69, 9.17) is 19.0 Å². The molecule has 10 nitrogen and oxygen atoms in total. The Morgan fingerprint density at radius 2 is 2.12 bits per heavy atom. The zero-order valence-corrected chi connectivity index (χ0v) is 24.8. The summed E-state index contributed by atoms with van der Waals surface area (Å²) >= 11 is 0. The highest BCUT2D eigenvalue weighted by Crippen LogP contribution is 2.37. The van der Waals surface area contributed by atoms with Gasteiger partial charge in [-0.15, -0.1) is 0 Å². The highest BCUT2D eigenvalue weighted by atomic mass is 28.3. The summed E-state index contributed by atoms with van der Waals surface area (Å²) in [6, 6.07) is 6.39. The lowest BCUT2D eigenvalue weighted by Gasteiger charge is -2.37. The van der Waals surface area contributed by atoms with Crippen LogP contribution in [0.1, 0.15) is 54.8 Å². The lowest BCUT2D eigenvalue weighted by atomic mass is 9.84. The van der Waals surface area contributed by atoms with Gasteiger partial charge in [-0.1, -0.05) is 36.9 Å². The second-order valence-electron chi connectivity index (χ2n) is 11.3. The number of methoxy groups -OCH3 is 1. The van der Waals surface area contributed by atoms with Crippen molar-refractivity contribution in [1.82, 2.24) is 25.0 Å². The number of Topliss-reactive ketones (excluding diaryl/α,β-unsaturated/α-hetero) is 1. The topological polar surface area (TPSA) is 121 Å². The molecule has 4 rings (SSSR count). The van der Waals surface area contributed by atoms with Crippen molar-refractivity contribution < 1.29 is 23.6 Å². The molecule has 3 aromatic rings. The highest BCUT2D eigenvalue weighted by Gasteiger charge is 2.40. The van der Waals surface area contributed by atoms with Crippen LogP contribution in [-0.4, -0.2) is 53.2 Å². The summed E-state index contributed by atoms with van der Waals surface area (Å²) in [4.78, 5) is 34.4. The number of imidazole rings is 1. The molecule has 3 aromatic heterocycles. The van der Waals surface area contributed by atoms with Crippen LogP contribution in [0.5, 0.6) is 5.88 Å². The monoisotopic (exact) mass is 565 g/mol. The molecule has 1 fully saturated rings. The van der Waals surface area contributed by atoms with Crippen molar-refractivity contribution in [2.75, 3.05) is 13.7 Å². The van der Waals surface area contributed by atoms with Gasteiger partial charge in [0.05, 0.1) is 18.4 Å². The van der Waals surface area contributed by atoms with Gasteiger partial charge < -0.3 is 23.9 Å². The average Bonchev–Trinajstić information content (AvgIpc) is 3.61. The van der Waals surface area contributed by atoms with Crippen LogP contribution in [-0.2, 0) is 21.8 Å². The van der Waals surface area contributed by atoms with E-state index in [0.29, 0.717) is 56.3 Å². The van der Waals surface area contributed by atoms with Crippen LogP contribution in [0.3, 0.4) is 0 Å². The van der Waals surface area contributed by atoms with E-state index in [1.165, 1.54) is 6.26 Å². The van der Waals surface area contributed by atoms with Crippen molar-refractivity contribution in [2.45, 2.75) is 76.5 Å². The minimum Gasteiger partial charge on any atom is -0.481 e. The first-order chi connectivity index (χ1) is 19.2. The van der Waals surface area contributed by atoms with E-state index in [9.17, 15) is 9.59 Å². The predicted molar refractivity (Wildman–Crippen MR) is 154 cm³/mol. The zero-order valence-electron chi connectivity index (χ0n) is 23.8. The van der Waals surface area contributed by atoms with Gasteiger partial charge in [0.1, 0.15) is 30.1 Å². The number of rotatable bonds is 14. The number of ether oxygens (including phenoxy) is 2. The van der Waals surface area contributed by atoms with Gasteiger partial charge in [0.25, 0.3) is 0 Å². The summed E-state index contributed by atoms with van der Waals surface area (Å²) in [7, 11) is 0.337. The third-order valence-corrected chi connectivity index (χ3v) is 8.66. The first kappa shape index (κ1) is 29.4. The summed E-state index contributed by atoms with van der Waals surface area (Å²) in [5, 5.41) is 6.97. The Hall–Kier alpha value is -3.57. The minimum absolute atomic E-state index is 0.00410. The molecule has 1 saturated heterocycles.